The third kappa shape index (κ3) is 4.19. The van der Waals surface area contributed by atoms with Crippen LogP contribution in [0.3, 0.4) is 0 Å². The number of amides is 1. The summed E-state index contributed by atoms with van der Waals surface area (Å²) in [6.45, 7) is 7.01. The fraction of sp³-hybridized carbons (Fsp3) is 0.273. The van der Waals surface area contributed by atoms with Gasteiger partial charge in [0.05, 0.1) is 0 Å². The zero-order chi connectivity index (χ0) is 19.6. The molecule has 2 aromatic carbocycles. The number of nitrogen functional groups attached to an aromatic ring is 1. The summed E-state index contributed by atoms with van der Waals surface area (Å²) in [5, 5.41) is 11.6. The summed E-state index contributed by atoms with van der Waals surface area (Å²) >= 11 is 0. The Morgan fingerprint density at radius 2 is 1.85 bits per heavy atom. The van der Waals surface area contributed by atoms with Crippen molar-refractivity contribution in [1.29, 1.82) is 5.41 Å². The van der Waals surface area contributed by atoms with Crippen LogP contribution in [0.4, 0.5) is 0 Å². The van der Waals surface area contributed by atoms with E-state index in [1.165, 1.54) is 5.56 Å². The summed E-state index contributed by atoms with van der Waals surface area (Å²) < 4.78 is 0. The van der Waals surface area contributed by atoms with Crippen molar-refractivity contribution in [3.8, 4) is 0 Å². The van der Waals surface area contributed by atoms with Crippen LogP contribution in [0.5, 0.6) is 0 Å². The van der Waals surface area contributed by atoms with E-state index >= 15 is 0 Å². The molecule has 0 bridgehead atoms. The number of hydrogen-bond acceptors (Lipinski definition) is 2. The Hall–Kier alpha value is -3.08. The van der Waals surface area contributed by atoms with Crippen LogP contribution in [0, 0.1) is 5.41 Å². The summed E-state index contributed by atoms with van der Waals surface area (Å²) in [7, 11) is 0. The Morgan fingerprint density at radius 3 is 2.48 bits per heavy atom. The standard InChI is InChI=1S/C22H26N4O/c1-22(2,3)16-7-5-15(6-8-16)21(27)25-11-10-14-4-9-19-17(12-14)18(13-26-19)20(23)24/h4-9,12-13,26H,10-11H2,1-3H3,(H3,23,24)(H,25,27). The molecule has 0 radical (unpaired) electrons. The molecule has 0 aliphatic heterocycles. The van der Waals surface area contributed by atoms with Gasteiger partial charge in [0, 0.05) is 34.8 Å². The molecule has 0 aliphatic rings. The van der Waals surface area contributed by atoms with E-state index in [1.54, 1.807) is 6.20 Å². The van der Waals surface area contributed by atoms with E-state index in [-0.39, 0.29) is 17.2 Å². The van der Waals surface area contributed by atoms with Crippen LogP contribution in [0.25, 0.3) is 10.9 Å². The maximum absolute atomic E-state index is 12.3. The van der Waals surface area contributed by atoms with Gasteiger partial charge in [0.25, 0.3) is 5.91 Å². The number of amidine groups is 1. The quantitative estimate of drug-likeness (QED) is 0.411. The number of fused-ring (bicyclic) bond motifs is 1. The van der Waals surface area contributed by atoms with Gasteiger partial charge in [-0.3, -0.25) is 10.2 Å². The number of aromatic nitrogens is 1. The van der Waals surface area contributed by atoms with Crippen LogP contribution in [0.2, 0.25) is 0 Å². The monoisotopic (exact) mass is 362 g/mol. The van der Waals surface area contributed by atoms with Gasteiger partial charge in [0.2, 0.25) is 0 Å². The minimum Gasteiger partial charge on any atom is -0.384 e. The molecule has 5 heteroatoms. The zero-order valence-corrected chi connectivity index (χ0v) is 16.0. The maximum atomic E-state index is 12.3. The number of carbonyl (C=O) groups is 1. The zero-order valence-electron chi connectivity index (χ0n) is 16.0. The van der Waals surface area contributed by atoms with Gasteiger partial charge in [-0.05, 0) is 47.2 Å². The van der Waals surface area contributed by atoms with Crippen molar-refractivity contribution >= 4 is 22.6 Å². The molecule has 0 spiro atoms. The maximum Gasteiger partial charge on any atom is 0.251 e. The topological polar surface area (TPSA) is 94.8 Å². The average Bonchev–Trinajstić information content (AvgIpc) is 3.04. The Balaban J connectivity index is 1.62. The van der Waals surface area contributed by atoms with E-state index in [2.05, 4.69) is 31.1 Å². The highest BCUT2D eigenvalue weighted by Crippen LogP contribution is 2.22. The second-order valence-electron chi connectivity index (χ2n) is 7.83. The molecule has 0 unspecified atom stereocenters. The molecule has 1 heterocycles. The third-order valence-electron chi connectivity index (χ3n) is 4.75. The van der Waals surface area contributed by atoms with E-state index in [0.717, 1.165) is 16.5 Å². The molecule has 0 atom stereocenters. The Labute approximate surface area is 159 Å². The van der Waals surface area contributed by atoms with E-state index in [9.17, 15) is 4.79 Å². The molecule has 0 fully saturated rings. The summed E-state index contributed by atoms with van der Waals surface area (Å²) in [4.78, 5) is 15.5. The van der Waals surface area contributed by atoms with Gasteiger partial charge in [0.1, 0.15) is 5.84 Å². The Bertz CT molecular complexity index is 978. The fourth-order valence-electron chi connectivity index (χ4n) is 3.09. The molecule has 27 heavy (non-hydrogen) atoms. The van der Waals surface area contributed by atoms with Gasteiger partial charge in [-0.15, -0.1) is 0 Å². The van der Waals surface area contributed by atoms with Crippen molar-refractivity contribution in [1.82, 2.24) is 10.3 Å². The summed E-state index contributed by atoms with van der Waals surface area (Å²) in [5.41, 5.74) is 10.3. The van der Waals surface area contributed by atoms with Crippen LogP contribution in [-0.4, -0.2) is 23.3 Å². The highest BCUT2D eigenvalue weighted by molar-refractivity contribution is 6.07. The molecule has 5 nitrogen and oxygen atoms in total. The lowest BCUT2D eigenvalue weighted by Crippen LogP contribution is -2.25. The summed E-state index contributed by atoms with van der Waals surface area (Å²) in [5.74, 6) is -0.0204. The van der Waals surface area contributed by atoms with Gasteiger partial charge in [-0.25, -0.2) is 0 Å². The number of hydrogen-bond donors (Lipinski definition) is 4. The highest BCUT2D eigenvalue weighted by atomic mass is 16.1. The normalized spacial score (nSPS) is 11.5. The third-order valence-corrected chi connectivity index (χ3v) is 4.75. The molecule has 0 saturated heterocycles. The number of H-pyrrole nitrogens is 1. The number of benzene rings is 2. The molecule has 3 aromatic rings. The first-order valence-electron chi connectivity index (χ1n) is 9.09. The molecule has 0 saturated carbocycles. The van der Waals surface area contributed by atoms with Crippen molar-refractivity contribution in [2.24, 2.45) is 5.73 Å². The second kappa shape index (κ2) is 7.27. The van der Waals surface area contributed by atoms with Crippen molar-refractivity contribution in [2.45, 2.75) is 32.6 Å². The first-order chi connectivity index (χ1) is 12.8. The van der Waals surface area contributed by atoms with Crippen LogP contribution >= 0.6 is 0 Å². The molecule has 5 N–H and O–H groups in total. The van der Waals surface area contributed by atoms with Gasteiger partial charge in [-0.2, -0.15) is 0 Å². The van der Waals surface area contributed by atoms with Gasteiger partial charge in [-0.1, -0.05) is 39.0 Å². The Morgan fingerprint density at radius 1 is 1.15 bits per heavy atom. The molecular formula is C22H26N4O. The lowest BCUT2D eigenvalue weighted by Gasteiger charge is -2.19. The van der Waals surface area contributed by atoms with Crippen LogP contribution in [0.15, 0.2) is 48.7 Å². The molecular weight excluding hydrogens is 336 g/mol. The fourth-order valence-corrected chi connectivity index (χ4v) is 3.09. The van der Waals surface area contributed by atoms with Crippen LogP contribution in [-0.2, 0) is 11.8 Å². The minimum absolute atomic E-state index is 0.0467. The SMILES string of the molecule is CC(C)(C)c1ccc(C(=O)NCCc2ccc3[nH]cc(C(=N)N)c3c2)cc1. The van der Waals surface area contributed by atoms with Crippen molar-refractivity contribution in [3.05, 3.63) is 70.9 Å². The second-order valence-corrected chi connectivity index (χ2v) is 7.83. The van der Waals surface area contributed by atoms with E-state index in [0.29, 0.717) is 24.1 Å². The molecule has 3 rings (SSSR count). The number of rotatable bonds is 5. The van der Waals surface area contributed by atoms with Gasteiger partial charge in [0.15, 0.2) is 0 Å². The van der Waals surface area contributed by atoms with Gasteiger partial charge < -0.3 is 16.0 Å². The van der Waals surface area contributed by atoms with Crippen molar-refractivity contribution in [2.75, 3.05) is 6.54 Å². The predicted molar refractivity (Wildman–Crippen MR) is 110 cm³/mol. The molecule has 1 aromatic heterocycles. The molecule has 140 valence electrons. The van der Waals surface area contributed by atoms with Crippen molar-refractivity contribution in [3.63, 3.8) is 0 Å². The summed E-state index contributed by atoms with van der Waals surface area (Å²) in [6, 6.07) is 13.8. The largest absolute Gasteiger partial charge is 0.384 e. The van der Waals surface area contributed by atoms with E-state index in [1.807, 2.05) is 42.5 Å². The minimum atomic E-state index is -0.0670. The number of carbonyl (C=O) groups excluding carboxylic acids is 1. The average molecular weight is 362 g/mol. The lowest BCUT2D eigenvalue weighted by atomic mass is 9.87. The van der Waals surface area contributed by atoms with Gasteiger partial charge >= 0.3 is 0 Å². The smallest absolute Gasteiger partial charge is 0.251 e. The van der Waals surface area contributed by atoms with E-state index in [4.69, 9.17) is 11.1 Å². The number of nitrogens with two attached hydrogens (primary N) is 1. The highest BCUT2D eigenvalue weighted by Gasteiger charge is 2.14. The Kier molecular flexibility index (Phi) is 5.04. The molecule has 0 aliphatic carbocycles. The van der Waals surface area contributed by atoms with Crippen molar-refractivity contribution < 1.29 is 4.79 Å². The number of nitrogens with one attached hydrogen (secondary N) is 3. The van der Waals surface area contributed by atoms with Crippen LogP contribution in [0.1, 0.15) is 47.8 Å². The first kappa shape index (κ1) is 18.7. The predicted octanol–water partition coefficient (Wildman–Crippen LogP) is 3.72. The molecule has 1 amide bonds. The lowest BCUT2D eigenvalue weighted by molar-refractivity contribution is 0.0954. The first-order valence-corrected chi connectivity index (χ1v) is 9.09. The van der Waals surface area contributed by atoms with Crippen LogP contribution < -0.4 is 11.1 Å². The number of aromatic amines is 1. The summed E-state index contributed by atoms with van der Waals surface area (Å²) in [6.07, 6.45) is 2.46. The van der Waals surface area contributed by atoms with E-state index < -0.39 is 0 Å².